The molecule has 0 aromatic rings. The fraction of sp³-hybridized carbons (Fsp3) is 1.00. The van der Waals surface area contributed by atoms with Crippen LogP contribution in [0.1, 0.15) is 65.7 Å². The van der Waals surface area contributed by atoms with Crippen molar-refractivity contribution in [3.8, 4) is 0 Å². The van der Waals surface area contributed by atoms with Gasteiger partial charge in [0.15, 0.2) is 0 Å². The Morgan fingerprint density at radius 3 is 2.62 bits per heavy atom. The van der Waals surface area contributed by atoms with Gasteiger partial charge in [-0.2, -0.15) is 0 Å². The molecule has 3 heteroatoms. The molecule has 0 amide bonds. The molecule has 2 rings (SSSR count). The van der Waals surface area contributed by atoms with Crippen molar-refractivity contribution in [3.05, 3.63) is 0 Å². The van der Waals surface area contributed by atoms with E-state index < -0.39 is 0 Å². The van der Waals surface area contributed by atoms with E-state index in [-0.39, 0.29) is 5.54 Å². The van der Waals surface area contributed by atoms with Gasteiger partial charge in [-0.3, -0.25) is 0 Å². The summed E-state index contributed by atoms with van der Waals surface area (Å²) in [6.45, 7) is 10.7. The molecule has 0 aliphatic heterocycles. The number of aliphatic hydroxyl groups excluding tert-OH is 1. The highest BCUT2D eigenvalue weighted by Crippen LogP contribution is 2.38. The predicted octanol–water partition coefficient (Wildman–Crippen LogP) is 3.03. The molecule has 0 aromatic carbocycles. The molecular formula is C18H36N2O. The number of nitrogens with zero attached hydrogens (tertiary/aromatic N) is 1. The third kappa shape index (κ3) is 4.67. The molecular weight excluding hydrogens is 260 g/mol. The monoisotopic (exact) mass is 296 g/mol. The highest BCUT2D eigenvalue weighted by molar-refractivity contribution is 4.99. The van der Waals surface area contributed by atoms with Crippen molar-refractivity contribution in [3.63, 3.8) is 0 Å². The lowest BCUT2D eigenvalue weighted by atomic mass is 9.85. The summed E-state index contributed by atoms with van der Waals surface area (Å²) in [5.74, 6) is 1.62. The molecule has 0 radical (unpaired) electrons. The molecule has 0 aromatic heterocycles. The lowest BCUT2D eigenvalue weighted by Gasteiger charge is -2.37. The highest BCUT2D eigenvalue weighted by Gasteiger charge is 2.41. The first kappa shape index (κ1) is 17.2. The Morgan fingerprint density at radius 2 is 2.05 bits per heavy atom. The Kier molecular flexibility index (Phi) is 6.51. The SMILES string of the molecule is CCCNC1(CO)CCCC1CCN(CC1CC1)C(C)C. The fourth-order valence-electron chi connectivity index (χ4n) is 3.95. The van der Waals surface area contributed by atoms with Crippen LogP contribution in [0.25, 0.3) is 0 Å². The Morgan fingerprint density at radius 1 is 1.29 bits per heavy atom. The van der Waals surface area contributed by atoms with Crippen LogP contribution in [0, 0.1) is 11.8 Å². The normalized spacial score (nSPS) is 29.7. The Labute approximate surface area is 131 Å². The molecule has 2 N–H and O–H groups in total. The van der Waals surface area contributed by atoms with E-state index in [1.165, 1.54) is 45.2 Å². The number of hydrogen-bond donors (Lipinski definition) is 2. The van der Waals surface area contributed by atoms with E-state index in [2.05, 4.69) is 31.0 Å². The Hall–Kier alpha value is -0.120. The van der Waals surface area contributed by atoms with Gasteiger partial charge >= 0.3 is 0 Å². The maximum Gasteiger partial charge on any atom is 0.0616 e. The summed E-state index contributed by atoms with van der Waals surface area (Å²) in [7, 11) is 0. The zero-order valence-corrected chi connectivity index (χ0v) is 14.4. The largest absolute Gasteiger partial charge is 0.394 e. The molecule has 21 heavy (non-hydrogen) atoms. The quantitative estimate of drug-likeness (QED) is 0.650. The molecule has 0 bridgehead atoms. The zero-order chi connectivity index (χ0) is 15.3. The predicted molar refractivity (Wildman–Crippen MR) is 89.5 cm³/mol. The average Bonchev–Trinajstić information content (AvgIpc) is 3.20. The van der Waals surface area contributed by atoms with Crippen molar-refractivity contribution in [2.24, 2.45) is 11.8 Å². The summed E-state index contributed by atoms with van der Waals surface area (Å²) in [4.78, 5) is 2.66. The lowest BCUT2D eigenvalue weighted by Crippen LogP contribution is -2.52. The molecule has 124 valence electrons. The average molecular weight is 296 g/mol. The third-order valence-electron chi connectivity index (χ3n) is 5.65. The molecule has 2 fully saturated rings. The second kappa shape index (κ2) is 7.94. The van der Waals surface area contributed by atoms with Gasteiger partial charge in [0.25, 0.3) is 0 Å². The molecule has 2 saturated carbocycles. The summed E-state index contributed by atoms with van der Waals surface area (Å²) >= 11 is 0. The van der Waals surface area contributed by atoms with E-state index in [0.29, 0.717) is 18.6 Å². The maximum atomic E-state index is 9.97. The molecule has 0 spiro atoms. The molecule has 2 aliphatic carbocycles. The maximum absolute atomic E-state index is 9.97. The number of rotatable bonds is 10. The summed E-state index contributed by atoms with van der Waals surface area (Å²) in [5, 5.41) is 13.6. The summed E-state index contributed by atoms with van der Waals surface area (Å²) < 4.78 is 0. The van der Waals surface area contributed by atoms with Crippen molar-refractivity contribution >= 4 is 0 Å². The molecule has 2 atom stereocenters. The van der Waals surface area contributed by atoms with Crippen molar-refractivity contribution in [1.82, 2.24) is 10.2 Å². The van der Waals surface area contributed by atoms with E-state index in [4.69, 9.17) is 0 Å². The van der Waals surface area contributed by atoms with Crippen molar-refractivity contribution < 1.29 is 5.11 Å². The summed E-state index contributed by atoms with van der Waals surface area (Å²) in [5.41, 5.74) is 0.0121. The first-order valence-corrected chi connectivity index (χ1v) is 9.21. The van der Waals surface area contributed by atoms with Gasteiger partial charge in [-0.05, 0) is 77.3 Å². The number of nitrogens with one attached hydrogen (secondary N) is 1. The highest BCUT2D eigenvalue weighted by atomic mass is 16.3. The second-order valence-electron chi connectivity index (χ2n) is 7.65. The Balaban J connectivity index is 1.86. The van der Waals surface area contributed by atoms with Gasteiger partial charge in [0.1, 0.15) is 0 Å². The number of hydrogen-bond acceptors (Lipinski definition) is 3. The van der Waals surface area contributed by atoms with E-state index in [1.807, 2.05) is 0 Å². The van der Waals surface area contributed by atoms with E-state index in [0.717, 1.165) is 25.3 Å². The van der Waals surface area contributed by atoms with Crippen LogP contribution in [-0.4, -0.2) is 47.8 Å². The van der Waals surface area contributed by atoms with Crippen molar-refractivity contribution in [2.45, 2.75) is 77.3 Å². The van der Waals surface area contributed by atoms with Gasteiger partial charge in [-0.15, -0.1) is 0 Å². The summed E-state index contributed by atoms with van der Waals surface area (Å²) in [6, 6.07) is 0.652. The van der Waals surface area contributed by atoms with Crippen LogP contribution >= 0.6 is 0 Å². The van der Waals surface area contributed by atoms with E-state index >= 15 is 0 Å². The van der Waals surface area contributed by atoms with Gasteiger partial charge < -0.3 is 15.3 Å². The van der Waals surface area contributed by atoms with Gasteiger partial charge in [-0.1, -0.05) is 13.3 Å². The fourth-order valence-corrected chi connectivity index (χ4v) is 3.95. The molecule has 0 saturated heterocycles. The van der Waals surface area contributed by atoms with Gasteiger partial charge in [0, 0.05) is 18.1 Å². The van der Waals surface area contributed by atoms with Crippen LogP contribution in [0.2, 0.25) is 0 Å². The topological polar surface area (TPSA) is 35.5 Å². The van der Waals surface area contributed by atoms with Gasteiger partial charge in [0.2, 0.25) is 0 Å². The molecule has 2 unspecified atom stereocenters. The third-order valence-corrected chi connectivity index (χ3v) is 5.65. The van der Waals surface area contributed by atoms with Crippen LogP contribution in [-0.2, 0) is 0 Å². The van der Waals surface area contributed by atoms with Gasteiger partial charge in [0.05, 0.1) is 6.61 Å². The lowest BCUT2D eigenvalue weighted by molar-refractivity contribution is 0.106. The second-order valence-corrected chi connectivity index (χ2v) is 7.65. The zero-order valence-electron chi connectivity index (χ0n) is 14.4. The minimum atomic E-state index is 0.0121. The first-order chi connectivity index (χ1) is 10.1. The van der Waals surface area contributed by atoms with Crippen molar-refractivity contribution in [1.29, 1.82) is 0 Å². The molecule has 2 aliphatic rings. The van der Waals surface area contributed by atoms with Crippen molar-refractivity contribution in [2.75, 3.05) is 26.2 Å². The standard InChI is InChI=1S/C18H36N2O/c1-4-11-19-18(14-21)10-5-6-17(18)9-12-20(15(2)3)13-16-7-8-16/h15-17,19,21H,4-14H2,1-3H3. The van der Waals surface area contributed by atoms with Gasteiger partial charge in [-0.25, -0.2) is 0 Å². The van der Waals surface area contributed by atoms with Crippen LogP contribution < -0.4 is 5.32 Å². The minimum Gasteiger partial charge on any atom is -0.394 e. The summed E-state index contributed by atoms with van der Waals surface area (Å²) in [6.07, 6.45) is 8.96. The molecule has 3 nitrogen and oxygen atoms in total. The Bertz CT molecular complexity index is 304. The van der Waals surface area contributed by atoms with E-state index in [9.17, 15) is 5.11 Å². The first-order valence-electron chi connectivity index (χ1n) is 9.21. The van der Waals surface area contributed by atoms with Crippen LogP contribution in [0.15, 0.2) is 0 Å². The van der Waals surface area contributed by atoms with Crippen LogP contribution in [0.4, 0.5) is 0 Å². The number of aliphatic hydroxyl groups is 1. The minimum absolute atomic E-state index is 0.0121. The smallest absolute Gasteiger partial charge is 0.0616 e. The van der Waals surface area contributed by atoms with Crippen LogP contribution in [0.3, 0.4) is 0 Å². The molecule has 0 heterocycles. The van der Waals surface area contributed by atoms with Crippen LogP contribution in [0.5, 0.6) is 0 Å². The van der Waals surface area contributed by atoms with E-state index in [1.54, 1.807) is 0 Å².